The first-order chi connectivity index (χ1) is 14.9. The highest BCUT2D eigenvalue weighted by Gasteiger charge is 2.26. The maximum Gasteiger partial charge on any atom is 0.259 e. The van der Waals surface area contributed by atoms with Gasteiger partial charge in [-0.15, -0.1) is 0 Å². The molecule has 4 rings (SSSR count). The average Bonchev–Trinajstić information content (AvgIpc) is 3.32. The van der Waals surface area contributed by atoms with Gasteiger partial charge in [0.1, 0.15) is 17.6 Å². The smallest absolute Gasteiger partial charge is 0.259 e. The summed E-state index contributed by atoms with van der Waals surface area (Å²) >= 11 is 0. The summed E-state index contributed by atoms with van der Waals surface area (Å²) in [5.41, 5.74) is 3.06. The first-order valence-electron chi connectivity index (χ1n) is 9.81. The molecule has 4 aromatic rings. The summed E-state index contributed by atoms with van der Waals surface area (Å²) in [4.78, 5) is 30.4. The molecule has 3 heterocycles. The summed E-state index contributed by atoms with van der Waals surface area (Å²) in [6.45, 7) is 5.41. The van der Waals surface area contributed by atoms with Crippen molar-refractivity contribution in [3.8, 4) is 11.3 Å². The molecule has 0 aliphatic rings. The number of pyridine rings is 1. The fourth-order valence-electron chi connectivity index (χ4n) is 3.60. The number of carbonyl (C=O) groups excluding carboxylic acids is 2. The fourth-order valence-corrected chi connectivity index (χ4v) is 3.60. The molecule has 158 valence electrons. The van der Waals surface area contributed by atoms with Crippen LogP contribution in [0.2, 0.25) is 0 Å². The van der Waals surface area contributed by atoms with E-state index in [1.807, 2.05) is 38.1 Å². The standard InChI is InChI=1S/C23H22N4O4/c1-12-10-16(14(3)30-12)18-11-17(19-13(2)27-31-23(19)25-18)21(28)26-20(22(29)24-4)15-8-6-5-7-9-15/h5-11,20H,1-4H3,(H,24,29)(H,26,28). The largest absolute Gasteiger partial charge is 0.466 e. The number of hydrogen-bond acceptors (Lipinski definition) is 6. The second-order valence-electron chi connectivity index (χ2n) is 7.26. The van der Waals surface area contributed by atoms with Gasteiger partial charge in [0.15, 0.2) is 0 Å². The quantitative estimate of drug-likeness (QED) is 0.512. The van der Waals surface area contributed by atoms with E-state index in [0.717, 1.165) is 11.3 Å². The maximum absolute atomic E-state index is 13.4. The second-order valence-corrected chi connectivity index (χ2v) is 7.26. The lowest BCUT2D eigenvalue weighted by molar-refractivity contribution is -0.122. The number of benzene rings is 1. The van der Waals surface area contributed by atoms with Crippen LogP contribution in [0.1, 0.15) is 39.2 Å². The summed E-state index contributed by atoms with van der Waals surface area (Å²) in [6.07, 6.45) is 0. The predicted molar refractivity (Wildman–Crippen MR) is 114 cm³/mol. The minimum absolute atomic E-state index is 0.245. The Kier molecular flexibility index (Phi) is 5.29. The molecule has 0 radical (unpaired) electrons. The Balaban J connectivity index is 1.80. The van der Waals surface area contributed by atoms with Gasteiger partial charge in [-0.05, 0) is 38.5 Å². The van der Waals surface area contributed by atoms with Gasteiger partial charge in [0.05, 0.1) is 22.3 Å². The van der Waals surface area contributed by atoms with Crippen LogP contribution in [-0.4, -0.2) is 29.0 Å². The van der Waals surface area contributed by atoms with Crippen molar-refractivity contribution in [2.24, 2.45) is 0 Å². The molecule has 0 aliphatic carbocycles. The number of nitrogens with one attached hydrogen (secondary N) is 2. The Morgan fingerprint density at radius 2 is 1.81 bits per heavy atom. The first-order valence-corrected chi connectivity index (χ1v) is 9.81. The molecule has 8 nitrogen and oxygen atoms in total. The molecule has 8 heteroatoms. The molecule has 1 aromatic carbocycles. The van der Waals surface area contributed by atoms with Crippen molar-refractivity contribution in [1.82, 2.24) is 20.8 Å². The number of rotatable bonds is 5. The molecule has 0 saturated carbocycles. The Labute approximate surface area is 178 Å². The molecule has 31 heavy (non-hydrogen) atoms. The average molecular weight is 418 g/mol. The van der Waals surface area contributed by atoms with E-state index in [0.29, 0.717) is 33.7 Å². The summed E-state index contributed by atoms with van der Waals surface area (Å²) in [5.74, 6) is 0.654. The number of likely N-dealkylation sites (N-methyl/N-ethyl adjacent to an activating group) is 1. The molecule has 3 aromatic heterocycles. The van der Waals surface area contributed by atoms with Crippen molar-refractivity contribution in [2.75, 3.05) is 7.05 Å². The van der Waals surface area contributed by atoms with Crippen LogP contribution in [0, 0.1) is 20.8 Å². The minimum atomic E-state index is -0.858. The molecule has 2 amide bonds. The van der Waals surface area contributed by atoms with Crippen molar-refractivity contribution in [3.05, 3.63) is 70.8 Å². The zero-order chi connectivity index (χ0) is 22.1. The van der Waals surface area contributed by atoms with Gasteiger partial charge in [-0.2, -0.15) is 0 Å². The van der Waals surface area contributed by atoms with E-state index in [1.165, 1.54) is 7.05 Å². The normalized spacial score (nSPS) is 12.0. The van der Waals surface area contributed by atoms with Crippen LogP contribution < -0.4 is 10.6 Å². The summed E-state index contributed by atoms with van der Waals surface area (Å²) in [7, 11) is 1.53. The number of fused-ring (bicyclic) bond motifs is 1. The van der Waals surface area contributed by atoms with E-state index in [9.17, 15) is 9.59 Å². The molecule has 0 fully saturated rings. The molecule has 0 spiro atoms. The zero-order valence-corrected chi connectivity index (χ0v) is 17.6. The topological polar surface area (TPSA) is 110 Å². The van der Waals surface area contributed by atoms with Gasteiger partial charge in [0.25, 0.3) is 11.6 Å². The summed E-state index contributed by atoms with van der Waals surface area (Å²) < 4.78 is 11.0. The number of aryl methyl sites for hydroxylation is 3. The number of hydrogen-bond donors (Lipinski definition) is 2. The maximum atomic E-state index is 13.4. The highest BCUT2D eigenvalue weighted by molar-refractivity contribution is 6.08. The molecule has 2 N–H and O–H groups in total. The molecule has 0 aliphatic heterocycles. The Morgan fingerprint density at radius 1 is 1.06 bits per heavy atom. The monoisotopic (exact) mass is 418 g/mol. The third-order valence-electron chi connectivity index (χ3n) is 5.10. The van der Waals surface area contributed by atoms with Gasteiger partial charge in [0.2, 0.25) is 5.91 Å². The number of carbonyl (C=O) groups is 2. The molecular formula is C23H22N4O4. The molecule has 1 atom stereocenters. The Morgan fingerprint density at radius 3 is 2.45 bits per heavy atom. The molecule has 1 unspecified atom stereocenters. The van der Waals surface area contributed by atoms with Crippen molar-refractivity contribution < 1.29 is 18.5 Å². The van der Waals surface area contributed by atoms with E-state index in [2.05, 4.69) is 20.8 Å². The lowest BCUT2D eigenvalue weighted by atomic mass is 10.0. The van der Waals surface area contributed by atoms with Gasteiger partial charge in [-0.1, -0.05) is 35.5 Å². The van der Waals surface area contributed by atoms with E-state index in [1.54, 1.807) is 25.1 Å². The van der Waals surface area contributed by atoms with Crippen molar-refractivity contribution in [3.63, 3.8) is 0 Å². The van der Waals surface area contributed by atoms with E-state index < -0.39 is 11.9 Å². The zero-order valence-electron chi connectivity index (χ0n) is 17.6. The predicted octanol–water partition coefficient (Wildman–Crippen LogP) is 3.63. The Hall–Kier alpha value is -3.94. The second kappa shape index (κ2) is 8.06. The van der Waals surface area contributed by atoms with Crippen LogP contribution in [0.15, 0.2) is 51.4 Å². The third-order valence-corrected chi connectivity index (χ3v) is 5.10. The number of furan rings is 1. The highest BCUT2D eigenvalue weighted by Crippen LogP contribution is 2.30. The van der Waals surface area contributed by atoms with Gasteiger partial charge < -0.3 is 19.6 Å². The SMILES string of the molecule is CNC(=O)C(NC(=O)c1cc(-c2cc(C)oc2C)nc2onc(C)c12)c1ccccc1. The molecule has 0 bridgehead atoms. The van der Waals surface area contributed by atoms with Crippen LogP contribution in [0.4, 0.5) is 0 Å². The van der Waals surface area contributed by atoms with E-state index in [4.69, 9.17) is 8.94 Å². The van der Waals surface area contributed by atoms with Gasteiger partial charge >= 0.3 is 0 Å². The van der Waals surface area contributed by atoms with Crippen LogP contribution >= 0.6 is 0 Å². The van der Waals surface area contributed by atoms with E-state index in [-0.39, 0.29) is 11.6 Å². The lowest BCUT2D eigenvalue weighted by Crippen LogP contribution is -2.39. The van der Waals surface area contributed by atoms with Gasteiger partial charge in [0, 0.05) is 12.6 Å². The van der Waals surface area contributed by atoms with Crippen LogP contribution in [0.25, 0.3) is 22.4 Å². The Bertz CT molecular complexity index is 1270. The van der Waals surface area contributed by atoms with Crippen molar-refractivity contribution in [2.45, 2.75) is 26.8 Å². The van der Waals surface area contributed by atoms with Crippen LogP contribution in [-0.2, 0) is 4.79 Å². The first kappa shape index (κ1) is 20.3. The number of amides is 2. The molecule has 0 saturated heterocycles. The van der Waals surface area contributed by atoms with E-state index >= 15 is 0 Å². The highest BCUT2D eigenvalue weighted by atomic mass is 16.5. The number of nitrogens with zero attached hydrogens (tertiary/aromatic N) is 2. The molecular weight excluding hydrogens is 396 g/mol. The minimum Gasteiger partial charge on any atom is -0.466 e. The van der Waals surface area contributed by atoms with Gasteiger partial charge in [-0.3, -0.25) is 9.59 Å². The fraction of sp³-hybridized carbons (Fsp3) is 0.217. The van der Waals surface area contributed by atoms with Crippen molar-refractivity contribution in [1.29, 1.82) is 0 Å². The third kappa shape index (κ3) is 3.79. The summed E-state index contributed by atoms with van der Waals surface area (Å²) in [5, 5.41) is 9.91. The van der Waals surface area contributed by atoms with Crippen molar-refractivity contribution >= 4 is 22.9 Å². The summed E-state index contributed by atoms with van der Waals surface area (Å²) in [6, 6.07) is 11.7. The lowest BCUT2D eigenvalue weighted by Gasteiger charge is -2.18. The van der Waals surface area contributed by atoms with Crippen LogP contribution in [0.3, 0.4) is 0 Å². The number of aromatic nitrogens is 2. The van der Waals surface area contributed by atoms with Crippen LogP contribution in [0.5, 0.6) is 0 Å². The van der Waals surface area contributed by atoms with Gasteiger partial charge in [-0.25, -0.2) is 4.98 Å².